The zero-order valence-corrected chi connectivity index (χ0v) is 7.02. The van der Waals surface area contributed by atoms with E-state index in [-0.39, 0.29) is 16.8 Å². The molecule has 2 aromatic rings. The van der Waals surface area contributed by atoms with E-state index in [0.29, 0.717) is 11.3 Å². The van der Waals surface area contributed by atoms with Crippen molar-refractivity contribution in [1.29, 1.82) is 0 Å². The smallest absolute Gasteiger partial charge is 0.219 e. The molecule has 0 amide bonds. The molecule has 0 fully saturated rings. The molecule has 0 saturated heterocycles. The average Bonchev–Trinajstić information content (AvgIpc) is 2.30. The van der Waals surface area contributed by atoms with Gasteiger partial charge in [-0.15, -0.1) is 0 Å². The highest BCUT2D eigenvalue weighted by Crippen LogP contribution is 2.15. The number of nitrogens with zero attached hydrogens (tertiary/aromatic N) is 3. The van der Waals surface area contributed by atoms with Gasteiger partial charge in [-0.3, -0.25) is 9.38 Å². The van der Waals surface area contributed by atoms with E-state index in [0.717, 1.165) is 0 Å². The van der Waals surface area contributed by atoms with Crippen LogP contribution in [0.4, 0.5) is 0 Å². The van der Waals surface area contributed by atoms with Gasteiger partial charge in [-0.1, -0.05) is 0 Å². The predicted octanol–water partition coefficient (Wildman–Crippen LogP) is -0.906. The standard InChI is InChI=1S/C7H7N3O.2H2O/c1-5-7(11)10-3-2-8-4-6(10)9-5;;/h2-4,11H,1H3;2*1H2. The van der Waals surface area contributed by atoms with Gasteiger partial charge in [0.25, 0.3) is 0 Å². The fraction of sp³-hybridized carbons (Fsp3) is 0.143. The first-order valence-electron chi connectivity index (χ1n) is 3.26. The fourth-order valence-electron chi connectivity index (χ4n) is 1.01. The second-order valence-corrected chi connectivity index (χ2v) is 2.33. The van der Waals surface area contributed by atoms with E-state index < -0.39 is 0 Å². The summed E-state index contributed by atoms with van der Waals surface area (Å²) < 4.78 is 1.59. The Morgan fingerprint density at radius 3 is 2.69 bits per heavy atom. The summed E-state index contributed by atoms with van der Waals surface area (Å²) in [5, 5.41) is 9.37. The van der Waals surface area contributed by atoms with Crippen molar-refractivity contribution in [1.82, 2.24) is 14.4 Å². The summed E-state index contributed by atoms with van der Waals surface area (Å²) in [6.07, 6.45) is 4.88. The van der Waals surface area contributed by atoms with Crippen molar-refractivity contribution in [3.05, 3.63) is 24.3 Å². The van der Waals surface area contributed by atoms with E-state index in [1.165, 1.54) is 0 Å². The van der Waals surface area contributed by atoms with Crippen molar-refractivity contribution in [2.45, 2.75) is 6.92 Å². The molecule has 5 N–H and O–H groups in total. The molecule has 0 unspecified atom stereocenters. The summed E-state index contributed by atoms with van der Waals surface area (Å²) in [7, 11) is 0. The summed E-state index contributed by atoms with van der Waals surface area (Å²) in [6, 6.07) is 0. The van der Waals surface area contributed by atoms with E-state index in [1.54, 1.807) is 29.9 Å². The number of aryl methyl sites for hydroxylation is 1. The molecule has 2 heterocycles. The molecular formula is C7H11N3O3. The molecule has 0 aliphatic carbocycles. The van der Waals surface area contributed by atoms with Crippen LogP contribution in [-0.2, 0) is 0 Å². The van der Waals surface area contributed by atoms with Crippen molar-refractivity contribution in [3.63, 3.8) is 0 Å². The van der Waals surface area contributed by atoms with Gasteiger partial charge in [0.2, 0.25) is 5.88 Å². The van der Waals surface area contributed by atoms with Crippen LogP contribution in [0.3, 0.4) is 0 Å². The first kappa shape index (κ1) is 11.3. The minimum Gasteiger partial charge on any atom is -0.493 e. The summed E-state index contributed by atoms with van der Waals surface area (Å²) in [5.74, 6) is 0.183. The summed E-state index contributed by atoms with van der Waals surface area (Å²) >= 11 is 0. The molecule has 0 atom stereocenters. The maximum atomic E-state index is 9.37. The molecule has 2 aromatic heterocycles. The Kier molecular flexibility index (Phi) is 3.34. The first-order valence-corrected chi connectivity index (χ1v) is 3.26. The number of rotatable bonds is 0. The highest BCUT2D eigenvalue weighted by atomic mass is 16.3. The van der Waals surface area contributed by atoms with E-state index in [1.807, 2.05) is 0 Å². The third kappa shape index (κ3) is 1.58. The van der Waals surface area contributed by atoms with Gasteiger partial charge < -0.3 is 16.1 Å². The van der Waals surface area contributed by atoms with Crippen LogP contribution in [0.1, 0.15) is 5.69 Å². The van der Waals surface area contributed by atoms with Gasteiger partial charge in [0.15, 0.2) is 5.65 Å². The Morgan fingerprint density at radius 2 is 2.08 bits per heavy atom. The molecular weight excluding hydrogens is 174 g/mol. The predicted molar refractivity (Wildman–Crippen MR) is 46.6 cm³/mol. The van der Waals surface area contributed by atoms with Gasteiger partial charge >= 0.3 is 0 Å². The average molecular weight is 185 g/mol. The van der Waals surface area contributed by atoms with E-state index in [9.17, 15) is 5.11 Å². The van der Waals surface area contributed by atoms with Gasteiger partial charge in [-0.2, -0.15) is 0 Å². The third-order valence-corrected chi connectivity index (χ3v) is 1.57. The van der Waals surface area contributed by atoms with Gasteiger partial charge in [0, 0.05) is 12.4 Å². The zero-order valence-electron chi connectivity index (χ0n) is 7.02. The maximum Gasteiger partial charge on any atom is 0.219 e. The summed E-state index contributed by atoms with van der Waals surface area (Å²) in [5.41, 5.74) is 1.29. The van der Waals surface area contributed by atoms with Crippen LogP contribution in [0.2, 0.25) is 0 Å². The van der Waals surface area contributed by atoms with Crippen LogP contribution < -0.4 is 0 Å². The second-order valence-electron chi connectivity index (χ2n) is 2.33. The first-order chi connectivity index (χ1) is 5.29. The molecule has 72 valence electrons. The highest BCUT2D eigenvalue weighted by Gasteiger charge is 2.04. The number of imidazole rings is 1. The van der Waals surface area contributed by atoms with Crippen LogP contribution in [0.15, 0.2) is 18.6 Å². The molecule has 0 aromatic carbocycles. The Balaban J connectivity index is 0.000000720. The SMILES string of the molecule is Cc1nc2cnccn2c1O.O.O. The van der Waals surface area contributed by atoms with E-state index >= 15 is 0 Å². The van der Waals surface area contributed by atoms with E-state index in [2.05, 4.69) is 9.97 Å². The normalized spacial score (nSPS) is 9.00. The van der Waals surface area contributed by atoms with Gasteiger partial charge in [-0.05, 0) is 6.92 Å². The van der Waals surface area contributed by atoms with Crippen LogP contribution >= 0.6 is 0 Å². The van der Waals surface area contributed by atoms with Crippen molar-refractivity contribution in [2.75, 3.05) is 0 Å². The second kappa shape index (κ2) is 3.83. The molecule has 13 heavy (non-hydrogen) atoms. The van der Waals surface area contributed by atoms with Crippen LogP contribution in [0.5, 0.6) is 5.88 Å². The quantitative estimate of drug-likeness (QED) is 0.573. The number of hydrogen-bond donors (Lipinski definition) is 1. The van der Waals surface area contributed by atoms with Gasteiger partial charge in [0.05, 0.1) is 6.20 Å². The largest absolute Gasteiger partial charge is 0.493 e. The molecule has 0 bridgehead atoms. The molecule has 6 heteroatoms. The molecule has 6 nitrogen and oxygen atoms in total. The van der Waals surface area contributed by atoms with Crippen molar-refractivity contribution < 1.29 is 16.1 Å². The Hall–Kier alpha value is -1.66. The van der Waals surface area contributed by atoms with Crippen molar-refractivity contribution in [3.8, 4) is 5.88 Å². The number of aromatic hydroxyl groups is 1. The lowest BCUT2D eigenvalue weighted by Crippen LogP contribution is -1.82. The Morgan fingerprint density at radius 1 is 1.38 bits per heavy atom. The Labute approximate surface area is 74.1 Å². The zero-order chi connectivity index (χ0) is 7.84. The third-order valence-electron chi connectivity index (χ3n) is 1.57. The molecule has 0 aliphatic heterocycles. The molecule has 0 radical (unpaired) electrons. The number of fused-ring (bicyclic) bond motifs is 1. The summed E-state index contributed by atoms with van der Waals surface area (Å²) in [4.78, 5) is 7.94. The van der Waals surface area contributed by atoms with Gasteiger partial charge in [0.1, 0.15) is 5.69 Å². The molecule has 0 saturated carbocycles. The lowest BCUT2D eigenvalue weighted by molar-refractivity contribution is 0.444. The van der Waals surface area contributed by atoms with Crippen molar-refractivity contribution in [2.24, 2.45) is 0 Å². The molecule has 0 aliphatic rings. The highest BCUT2D eigenvalue weighted by molar-refractivity contribution is 5.42. The monoisotopic (exact) mass is 185 g/mol. The molecule has 0 spiro atoms. The van der Waals surface area contributed by atoms with Gasteiger partial charge in [-0.25, -0.2) is 4.98 Å². The minimum atomic E-state index is 0. The summed E-state index contributed by atoms with van der Waals surface area (Å²) in [6.45, 7) is 1.75. The number of aromatic nitrogens is 3. The van der Waals surface area contributed by atoms with Crippen LogP contribution in [0, 0.1) is 6.92 Å². The maximum absolute atomic E-state index is 9.37. The molecule has 2 rings (SSSR count). The number of hydrogen-bond acceptors (Lipinski definition) is 3. The lowest BCUT2D eigenvalue weighted by atomic mass is 10.5. The Bertz CT molecular complexity index is 399. The fourth-order valence-corrected chi connectivity index (χ4v) is 1.01. The van der Waals surface area contributed by atoms with E-state index in [4.69, 9.17) is 0 Å². The lowest BCUT2D eigenvalue weighted by Gasteiger charge is -1.90. The minimum absolute atomic E-state index is 0. The topological polar surface area (TPSA) is 113 Å². The van der Waals surface area contributed by atoms with Crippen LogP contribution in [-0.4, -0.2) is 30.4 Å². The van der Waals surface area contributed by atoms with Crippen molar-refractivity contribution >= 4 is 5.65 Å². The van der Waals surface area contributed by atoms with Crippen LogP contribution in [0.25, 0.3) is 5.65 Å².